The summed E-state index contributed by atoms with van der Waals surface area (Å²) in [6, 6.07) is -2.00. The summed E-state index contributed by atoms with van der Waals surface area (Å²) >= 11 is 0. The van der Waals surface area contributed by atoms with Crippen LogP contribution in [0.5, 0.6) is 0 Å². The molecule has 0 aromatic heterocycles. The van der Waals surface area contributed by atoms with Crippen molar-refractivity contribution in [1.29, 1.82) is 0 Å². The minimum absolute atomic E-state index is 0.148. The molecule has 9 nitrogen and oxygen atoms in total. The van der Waals surface area contributed by atoms with E-state index in [0.29, 0.717) is 0 Å². The zero-order chi connectivity index (χ0) is 15.3. The predicted octanol–water partition coefficient (Wildman–Crippen LogP) is -1.89. The van der Waals surface area contributed by atoms with E-state index >= 15 is 0 Å². The molecular weight excluding hydrogens is 270 g/mol. The van der Waals surface area contributed by atoms with Crippen molar-refractivity contribution < 1.29 is 29.3 Å². The Labute approximate surface area is 115 Å². The molecule has 3 atom stereocenters. The van der Waals surface area contributed by atoms with Gasteiger partial charge in [0.2, 0.25) is 5.91 Å². The molecule has 0 saturated carbocycles. The molecule has 1 rings (SSSR count). The van der Waals surface area contributed by atoms with E-state index in [2.05, 4.69) is 5.32 Å². The molecule has 3 amide bonds. The predicted molar refractivity (Wildman–Crippen MR) is 66.8 cm³/mol. The number of nitrogens with two attached hydrogens (primary N) is 1. The molecular formula is C11H19N3O6. The summed E-state index contributed by atoms with van der Waals surface area (Å²) in [4.78, 5) is 35.0. The van der Waals surface area contributed by atoms with Crippen molar-refractivity contribution in [2.24, 2.45) is 5.73 Å². The van der Waals surface area contributed by atoms with Crippen molar-refractivity contribution in [1.82, 2.24) is 10.2 Å². The smallest absolute Gasteiger partial charge is 0.326 e. The van der Waals surface area contributed by atoms with Gasteiger partial charge in [-0.3, -0.25) is 4.79 Å². The highest BCUT2D eigenvalue weighted by molar-refractivity contribution is 5.87. The Morgan fingerprint density at radius 1 is 1.45 bits per heavy atom. The van der Waals surface area contributed by atoms with Gasteiger partial charge in [0.25, 0.3) is 0 Å². The molecule has 0 aliphatic carbocycles. The molecule has 9 heteroatoms. The number of rotatable bonds is 5. The first-order chi connectivity index (χ1) is 9.33. The van der Waals surface area contributed by atoms with E-state index in [-0.39, 0.29) is 25.8 Å². The van der Waals surface area contributed by atoms with Crippen LogP contribution in [-0.2, 0) is 14.3 Å². The molecule has 2 unspecified atom stereocenters. The molecule has 5 N–H and O–H groups in total. The third kappa shape index (κ3) is 4.67. The first-order valence-electron chi connectivity index (χ1n) is 6.16. The quantitative estimate of drug-likeness (QED) is 0.466. The lowest BCUT2D eigenvalue weighted by atomic mass is 10.2. The van der Waals surface area contributed by atoms with Gasteiger partial charge in [0, 0.05) is 6.54 Å². The molecule has 1 heterocycles. The van der Waals surface area contributed by atoms with E-state index in [0.717, 1.165) is 0 Å². The van der Waals surface area contributed by atoms with Crippen LogP contribution in [0.1, 0.15) is 13.3 Å². The number of carbonyl (C=O) groups excluding carboxylic acids is 2. The Hall–Kier alpha value is -1.87. The fourth-order valence-electron chi connectivity index (χ4n) is 1.95. The molecule has 0 bridgehead atoms. The maximum atomic E-state index is 12.0. The van der Waals surface area contributed by atoms with Gasteiger partial charge in [-0.25, -0.2) is 9.59 Å². The summed E-state index contributed by atoms with van der Waals surface area (Å²) in [6.07, 6.45) is -1.26. The standard InChI is InChI=1S/C11H19N3O6/c1-6-3-14(4-7(5-15)20-6)11(19)13-8(10(17)18)2-9(12)16/h6-8,15H,2-5H2,1H3,(H2,12,16)(H,13,19)(H,17,18)/t6?,7?,8-/m1/s1. The number of amides is 3. The summed E-state index contributed by atoms with van der Waals surface area (Å²) in [5.41, 5.74) is 4.93. The van der Waals surface area contributed by atoms with Crippen LogP contribution in [-0.4, -0.2) is 71.0 Å². The lowest BCUT2D eigenvalue weighted by Crippen LogP contribution is -2.56. The molecule has 0 aromatic carbocycles. The van der Waals surface area contributed by atoms with E-state index in [1.807, 2.05) is 0 Å². The van der Waals surface area contributed by atoms with Gasteiger partial charge in [0.05, 0.1) is 31.8 Å². The second kappa shape index (κ2) is 7.06. The number of hydrogen-bond donors (Lipinski definition) is 4. The second-order valence-corrected chi connectivity index (χ2v) is 4.67. The number of urea groups is 1. The van der Waals surface area contributed by atoms with Crippen molar-refractivity contribution in [3.05, 3.63) is 0 Å². The van der Waals surface area contributed by atoms with E-state index in [1.165, 1.54) is 4.90 Å². The third-order valence-electron chi connectivity index (χ3n) is 2.82. The lowest BCUT2D eigenvalue weighted by Gasteiger charge is -2.36. The monoisotopic (exact) mass is 289 g/mol. The van der Waals surface area contributed by atoms with Crippen LogP contribution < -0.4 is 11.1 Å². The van der Waals surface area contributed by atoms with Crippen molar-refractivity contribution >= 4 is 17.9 Å². The molecule has 1 aliphatic rings. The molecule has 0 aromatic rings. The summed E-state index contributed by atoms with van der Waals surface area (Å²) < 4.78 is 5.37. The van der Waals surface area contributed by atoms with Crippen LogP contribution in [0.4, 0.5) is 4.79 Å². The SMILES string of the molecule is CC1CN(C(=O)N[C@H](CC(N)=O)C(=O)O)CC(CO)O1. The first kappa shape index (κ1) is 16.2. The molecule has 1 fully saturated rings. The minimum atomic E-state index is -1.37. The summed E-state index contributed by atoms with van der Waals surface area (Å²) in [7, 11) is 0. The second-order valence-electron chi connectivity index (χ2n) is 4.67. The van der Waals surface area contributed by atoms with Crippen LogP contribution in [0.25, 0.3) is 0 Å². The number of aliphatic hydroxyl groups is 1. The van der Waals surface area contributed by atoms with Crippen molar-refractivity contribution in [3.63, 3.8) is 0 Å². The average molecular weight is 289 g/mol. The van der Waals surface area contributed by atoms with Gasteiger partial charge in [-0.05, 0) is 6.92 Å². The number of hydrogen-bond acceptors (Lipinski definition) is 5. The number of nitrogens with one attached hydrogen (secondary N) is 1. The zero-order valence-corrected chi connectivity index (χ0v) is 11.1. The zero-order valence-electron chi connectivity index (χ0n) is 11.1. The van der Waals surface area contributed by atoms with Crippen LogP contribution in [0.2, 0.25) is 0 Å². The van der Waals surface area contributed by atoms with Gasteiger partial charge in [0.1, 0.15) is 6.04 Å². The third-order valence-corrected chi connectivity index (χ3v) is 2.82. The van der Waals surface area contributed by atoms with Crippen LogP contribution in [0.3, 0.4) is 0 Å². The van der Waals surface area contributed by atoms with Gasteiger partial charge in [0.15, 0.2) is 0 Å². The largest absolute Gasteiger partial charge is 0.480 e. The maximum Gasteiger partial charge on any atom is 0.326 e. The van der Waals surface area contributed by atoms with Gasteiger partial charge in [-0.1, -0.05) is 0 Å². The number of aliphatic carboxylic acids is 1. The minimum Gasteiger partial charge on any atom is -0.480 e. The summed E-state index contributed by atoms with van der Waals surface area (Å²) in [5, 5.41) is 20.2. The number of morpholine rings is 1. The average Bonchev–Trinajstić information content (AvgIpc) is 2.36. The van der Waals surface area contributed by atoms with Gasteiger partial charge in [-0.15, -0.1) is 0 Å². The van der Waals surface area contributed by atoms with E-state index in [1.54, 1.807) is 6.92 Å². The lowest BCUT2D eigenvalue weighted by molar-refractivity contribution is -0.141. The maximum absolute atomic E-state index is 12.0. The molecule has 114 valence electrons. The number of carboxylic acids is 1. The van der Waals surface area contributed by atoms with E-state index in [9.17, 15) is 14.4 Å². The number of carbonyl (C=O) groups is 3. The van der Waals surface area contributed by atoms with Gasteiger partial charge in [-0.2, -0.15) is 0 Å². The molecule has 0 radical (unpaired) electrons. The van der Waals surface area contributed by atoms with Crippen LogP contribution in [0, 0.1) is 0 Å². The Morgan fingerprint density at radius 3 is 2.60 bits per heavy atom. The fourth-order valence-corrected chi connectivity index (χ4v) is 1.95. The Kier molecular flexibility index (Phi) is 5.71. The Balaban J connectivity index is 2.63. The Bertz CT molecular complexity index is 388. The number of ether oxygens (including phenoxy) is 1. The topological polar surface area (TPSA) is 142 Å². The highest BCUT2D eigenvalue weighted by Crippen LogP contribution is 2.11. The van der Waals surface area contributed by atoms with E-state index < -0.39 is 36.5 Å². The number of nitrogens with zero attached hydrogens (tertiary/aromatic N) is 1. The van der Waals surface area contributed by atoms with Crippen molar-refractivity contribution in [3.8, 4) is 0 Å². The molecule has 1 saturated heterocycles. The number of primary amides is 1. The highest BCUT2D eigenvalue weighted by Gasteiger charge is 2.30. The van der Waals surface area contributed by atoms with Crippen LogP contribution in [0.15, 0.2) is 0 Å². The fraction of sp³-hybridized carbons (Fsp3) is 0.727. The highest BCUT2D eigenvalue weighted by atomic mass is 16.5. The molecule has 0 spiro atoms. The van der Waals surface area contributed by atoms with E-state index in [4.69, 9.17) is 20.7 Å². The molecule has 1 aliphatic heterocycles. The van der Waals surface area contributed by atoms with Crippen LogP contribution >= 0.6 is 0 Å². The van der Waals surface area contributed by atoms with Gasteiger partial charge < -0.3 is 30.9 Å². The Morgan fingerprint density at radius 2 is 2.10 bits per heavy atom. The number of carboxylic acid groups (broad SMARTS) is 1. The normalized spacial score (nSPS) is 24.0. The summed E-state index contributed by atoms with van der Waals surface area (Å²) in [6.45, 7) is 1.92. The van der Waals surface area contributed by atoms with Crippen molar-refractivity contribution in [2.75, 3.05) is 19.7 Å². The first-order valence-corrected chi connectivity index (χ1v) is 6.16. The number of aliphatic hydroxyl groups excluding tert-OH is 1. The molecule has 20 heavy (non-hydrogen) atoms. The summed E-state index contributed by atoms with van der Waals surface area (Å²) in [5.74, 6) is -2.15. The van der Waals surface area contributed by atoms with Gasteiger partial charge >= 0.3 is 12.0 Å². The van der Waals surface area contributed by atoms with Crippen molar-refractivity contribution in [2.45, 2.75) is 31.6 Å².